The topological polar surface area (TPSA) is 66.3 Å². The highest BCUT2D eigenvalue weighted by Gasteiger charge is 2.15. The second-order valence-corrected chi connectivity index (χ2v) is 4.59. The molecule has 5 heteroatoms. The van der Waals surface area contributed by atoms with Crippen LogP contribution < -0.4 is 0 Å². The molecule has 1 heterocycles. The maximum atomic E-state index is 12.3. The lowest BCUT2D eigenvalue weighted by Crippen LogP contribution is -2.29. The summed E-state index contributed by atoms with van der Waals surface area (Å²) in [5.74, 6) is -0.105. The van der Waals surface area contributed by atoms with E-state index >= 15 is 0 Å². The van der Waals surface area contributed by atoms with Crippen LogP contribution in [0.3, 0.4) is 0 Å². The number of aliphatic hydroxyl groups is 1. The van der Waals surface area contributed by atoms with Crippen LogP contribution in [0.15, 0.2) is 30.6 Å². The zero-order valence-electron chi connectivity index (χ0n) is 11.1. The first-order valence-electron chi connectivity index (χ1n) is 6.23. The summed E-state index contributed by atoms with van der Waals surface area (Å²) in [6.07, 6.45) is 3.32. The summed E-state index contributed by atoms with van der Waals surface area (Å²) >= 11 is 0. The van der Waals surface area contributed by atoms with Crippen LogP contribution in [-0.2, 0) is 0 Å². The van der Waals surface area contributed by atoms with Crippen molar-refractivity contribution >= 4 is 16.9 Å². The van der Waals surface area contributed by atoms with E-state index in [1.54, 1.807) is 43.4 Å². The summed E-state index contributed by atoms with van der Waals surface area (Å²) in [5, 5.41) is 9.27. The number of nitrogens with zero attached hydrogens (tertiary/aromatic N) is 3. The van der Waals surface area contributed by atoms with Gasteiger partial charge in [-0.3, -0.25) is 14.8 Å². The van der Waals surface area contributed by atoms with Gasteiger partial charge in [0.25, 0.3) is 5.91 Å². The summed E-state index contributed by atoms with van der Waals surface area (Å²) in [7, 11) is 1.72. The van der Waals surface area contributed by atoms with E-state index in [1.165, 1.54) is 0 Å². The van der Waals surface area contributed by atoms with E-state index in [0.717, 1.165) is 0 Å². The van der Waals surface area contributed by atoms with Crippen molar-refractivity contribution < 1.29 is 9.90 Å². The lowest BCUT2D eigenvalue weighted by molar-refractivity contribution is 0.0770. The van der Waals surface area contributed by atoms with Crippen molar-refractivity contribution in [3.05, 3.63) is 36.2 Å². The fourth-order valence-corrected chi connectivity index (χ4v) is 1.85. The Bertz CT molecular complexity index is 578. The predicted octanol–water partition coefficient (Wildman–Crippen LogP) is 1.47. The SMILES string of the molecule is CC(O)CCN(C)C(=O)c1cccc2nccnc12. The number of amides is 1. The molecule has 2 aromatic rings. The first-order valence-corrected chi connectivity index (χ1v) is 6.23. The minimum absolute atomic E-state index is 0.105. The molecule has 0 aliphatic heterocycles. The Balaban J connectivity index is 2.26. The number of benzene rings is 1. The van der Waals surface area contributed by atoms with E-state index in [4.69, 9.17) is 0 Å². The van der Waals surface area contributed by atoms with Crippen molar-refractivity contribution in [1.29, 1.82) is 0 Å². The second kappa shape index (κ2) is 5.75. The summed E-state index contributed by atoms with van der Waals surface area (Å²) < 4.78 is 0. The molecule has 0 aliphatic rings. The van der Waals surface area contributed by atoms with Gasteiger partial charge in [0.05, 0.1) is 17.2 Å². The molecule has 0 fully saturated rings. The molecular weight excluding hydrogens is 242 g/mol. The smallest absolute Gasteiger partial charge is 0.255 e. The van der Waals surface area contributed by atoms with Crippen LogP contribution >= 0.6 is 0 Å². The Morgan fingerprint density at radius 2 is 2.11 bits per heavy atom. The van der Waals surface area contributed by atoms with Gasteiger partial charge in [-0.1, -0.05) is 6.07 Å². The van der Waals surface area contributed by atoms with Gasteiger partial charge in [-0.15, -0.1) is 0 Å². The van der Waals surface area contributed by atoms with Gasteiger partial charge in [-0.25, -0.2) is 0 Å². The van der Waals surface area contributed by atoms with E-state index in [0.29, 0.717) is 29.6 Å². The van der Waals surface area contributed by atoms with Crippen LogP contribution in [0.4, 0.5) is 0 Å². The van der Waals surface area contributed by atoms with Crippen molar-refractivity contribution in [1.82, 2.24) is 14.9 Å². The molecule has 2 rings (SSSR count). The molecule has 1 N–H and O–H groups in total. The largest absolute Gasteiger partial charge is 0.393 e. The molecular formula is C14H17N3O2. The van der Waals surface area contributed by atoms with Gasteiger partial charge >= 0.3 is 0 Å². The minimum atomic E-state index is -0.414. The fourth-order valence-electron chi connectivity index (χ4n) is 1.85. The predicted molar refractivity (Wildman–Crippen MR) is 72.8 cm³/mol. The van der Waals surface area contributed by atoms with E-state index in [-0.39, 0.29) is 5.91 Å². The molecule has 100 valence electrons. The molecule has 0 saturated heterocycles. The number of hydrogen-bond acceptors (Lipinski definition) is 4. The minimum Gasteiger partial charge on any atom is -0.393 e. The van der Waals surface area contributed by atoms with Gasteiger partial charge in [0.1, 0.15) is 5.52 Å². The third-order valence-corrected chi connectivity index (χ3v) is 2.96. The van der Waals surface area contributed by atoms with Crippen LogP contribution in [0, 0.1) is 0 Å². The van der Waals surface area contributed by atoms with Crippen LogP contribution in [0.1, 0.15) is 23.7 Å². The van der Waals surface area contributed by atoms with E-state index < -0.39 is 6.10 Å². The first kappa shape index (κ1) is 13.4. The summed E-state index contributed by atoms with van der Waals surface area (Å²) in [6, 6.07) is 5.37. The molecule has 1 aromatic carbocycles. The maximum absolute atomic E-state index is 12.3. The number of para-hydroxylation sites is 1. The van der Waals surface area contributed by atoms with Gasteiger partial charge in [0, 0.05) is 26.0 Å². The number of rotatable bonds is 4. The van der Waals surface area contributed by atoms with Crippen LogP contribution in [-0.4, -0.2) is 45.6 Å². The third kappa shape index (κ3) is 3.06. The first-order chi connectivity index (χ1) is 9.09. The number of carbonyl (C=O) groups excluding carboxylic acids is 1. The number of aliphatic hydroxyl groups excluding tert-OH is 1. The molecule has 0 spiro atoms. The highest BCUT2D eigenvalue weighted by Crippen LogP contribution is 2.15. The zero-order chi connectivity index (χ0) is 13.8. The van der Waals surface area contributed by atoms with Crippen molar-refractivity contribution in [2.45, 2.75) is 19.4 Å². The Hall–Kier alpha value is -2.01. The zero-order valence-corrected chi connectivity index (χ0v) is 11.1. The lowest BCUT2D eigenvalue weighted by Gasteiger charge is -2.18. The Morgan fingerprint density at radius 3 is 2.84 bits per heavy atom. The normalized spacial score (nSPS) is 12.4. The van der Waals surface area contributed by atoms with E-state index in [1.807, 2.05) is 6.07 Å². The molecule has 5 nitrogen and oxygen atoms in total. The summed E-state index contributed by atoms with van der Waals surface area (Å²) in [5.41, 5.74) is 1.86. The molecule has 0 radical (unpaired) electrons. The van der Waals surface area contributed by atoms with Gasteiger partial charge < -0.3 is 10.0 Å². The van der Waals surface area contributed by atoms with Crippen molar-refractivity contribution in [3.8, 4) is 0 Å². The average molecular weight is 259 g/mol. The summed E-state index contributed by atoms with van der Waals surface area (Å²) in [4.78, 5) is 22.3. The number of hydrogen-bond donors (Lipinski definition) is 1. The van der Waals surface area contributed by atoms with E-state index in [9.17, 15) is 9.90 Å². The van der Waals surface area contributed by atoms with Crippen molar-refractivity contribution in [2.24, 2.45) is 0 Å². The summed E-state index contributed by atoms with van der Waals surface area (Å²) in [6.45, 7) is 2.22. The monoisotopic (exact) mass is 259 g/mol. The Morgan fingerprint density at radius 1 is 1.37 bits per heavy atom. The third-order valence-electron chi connectivity index (χ3n) is 2.96. The highest BCUT2D eigenvalue weighted by atomic mass is 16.3. The molecule has 1 unspecified atom stereocenters. The molecule has 1 atom stereocenters. The highest BCUT2D eigenvalue weighted by molar-refractivity contribution is 6.04. The van der Waals surface area contributed by atoms with Crippen LogP contribution in [0.2, 0.25) is 0 Å². The van der Waals surface area contributed by atoms with Crippen LogP contribution in [0.5, 0.6) is 0 Å². The second-order valence-electron chi connectivity index (χ2n) is 4.59. The van der Waals surface area contributed by atoms with Gasteiger partial charge in [-0.2, -0.15) is 0 Å². The number of fused-ring (bicyclic) bond motifs is 1. The molecule has 0 saturated carbocycles. The van der Waals surface area contributed by atoms with E-state index in [2.05, 4.69) is 9.97 Å². The van der Waals surface area contributed by atoms with Gasteiger partial charge in [0.2, 0.25) is 0 Å². The van der Waals surface area contributed by atoms with Crippen molar-refractivity contribution in [3.63, 3.8) is 0 Å². The lowest BCUT2D eigenvalue weighted by atomic mass is 10.1. The average Bonchev–Trinajstić information content (AvgIpc) is 2.43. The molecule has 1 aromatic heterocycles. The number of aromatic nitrogens is 2. The Labute approximate surface area is 111 Å². The molecule has 0 aliphatic carbocycles. The maximum Gasteiger partial charge on any atom is 0.255 e. The molecule has 0 bridgehead atoms. The standard InChI is InChI=1S/C14H17N3O2/c1-10(18)6-9-17(2)14(19)11-4-3-5-12-13(11)16-8-7-15-12/h3-5,7-8,10,18H,6,9H2,1-2H3. The number of carbonyl (C=O) groups is 1. The van der Waals surface area contributed by atoms with Crippen molar-refractivity contribution in [2.75, 3.05) is 13.6 Å². The molecule has 19 heavy (non-hydrogen) atoms. The van der Waals surface area contributed by atoms with Crippen LogP contribution in [0.25, 0.3) is 11.0 Å². The molecule has 1 amide bonds. The quantitative estimate of drug-likeness (QED) is 0.903. The van der Waals surface area contributed by atoms with Gasteiger partial charge in [-0.05, 0) is 25.5 Å². The fraction of sp³-hybridized carbons (Fsp3) is 0.357. The Kier molecular flexibility index (Phi) is 4.06. The van der Waals surface area contributed by atoms with Gasteiger partial charge in [0.15, 0.2) is 0 Å².